The van der Waals surface area contributed by atoms with Crippen LogP contribution in [0.4, 0.5) is 0 Å². The van der Waals surface area contributed by atoms with Crippen LogP contribution < -0.4 is 0 Å². The molecule has 0 amide bonds. The maximum atomic E-state index is 14.8. The minimum Gasteiger partial charge on any atom is -0.498 e. The van der Waals surface area contributed by atoms with Crippen LogP contribution >= 0.6 is 0 Å². The van der Waals surface area contributed by atoms with Crippen molar-refractivity contribution in [3.8, 4) is 0 Å². The van der Waals surface area contributed by atoms with Crippen LogP contribution in [0, 0.1) is 20.8 Å². The molecule has 0 N–H and O–H groups in total. The quantitative estimate of drug-likeness (QED) is 0.200. The molecule has 2 aliphatic rings. The summed E-state index contributed by atoms with van der Waals surface area (Å²) in [4.78, 5) is 0.411. The van der Waals surface area contributed by atoms with Crippen LogP contribution in [0.2, 0.25) is 0 Å². The highest BCUT2D eigenvalue weighted by Crippen LogP contribution is 2.49. The summed E-state index contributed by atoms with van der Waals surface area (Å²) < 4.78 is 67.8. The summed E-state index contributed by atoms with van der Waals surface area (Å²) in [6.07, 6.45) is 0.525. The predicted molar refractivity (Wildman–Crippen MR) is 180 cm³/mol. The minimum absolute atomic E-state index is 0.0102. The van der Waals surface area contributed by atoms with Gasteiger partial charge < -0.3 is 4.74 Å². The third-order valence-electron chi connectivity index (χ3n) is 9.06. The fraction of sp³-hybridized carbons (Fsp3) is 0.297. The Bertz CT molecular complexity index is 1940. The molecular weight excluding hydrogens is 617 g/mol. The molecule has 0 saturated carbocycles. The lowest BCUT2D eigenvalue weighted by Crippen LogP contribution is -2.54. The Kier molecular flexibility index (Phi) is 8.95. The number of ether oxygens (including phenoxy) is 1. The number of fused-ring (bicyclic) bond motifs is 1. The van der Waals surface area contributed by atoms with Gasteiger partial charge in [0.25, 0.3) is 0 Å². The van der Waals surface area contributed by atoms with E-state index in [1.54, 1.807) is 40.7 Å². The summed E-state index contributed by atoms with van der Waals surface area (Å²) in [5.74, 6) is 0.657. The highest BCUT2D eigenvalue weighted by molar-refractivity contribution is 7.89. The summed E-state index contributed by atoms with van der Waals surface area (Å²) >= 11 is 0. The van der Waals surface area contributed by atoms with Gasteiger partial charge >= 0.3 is 0 Å². The van der Waals surface area contributed by atoms with E-state index < -0.39 is 38.2 Å². The second-order valence-electron chi connectivity index (χ2n) is 12.2. The van der Waals surface area contributed by atoms with Crippen molar-refractivity contribution in [2.75, 3.05) is 13.2 Å². The largest absolute Gasteiger partial charge is 0.498 e. The van der Waals surface area contributed by atoms with Gasteiger partial charge in [0.05, 0.1) is 40.3 Å². The predicted octanol–water partition coefficient (Wildman–Crippen LogP) is 7.24. The maximum absolute atomic E-state index is 14.8. The van der Waals surface area contributed by atoms with Crippen LogP contribution in [0.3, 0.4) is 0 Å². The molecule has 0 bridgehead atoms. The lowest BCUT2D eigenvalue weighted by atomic mass is 9.84. The van der Waals surface area contributed by atoms with Crippen molar-refractivity contribution >= 4 is 20.0 Å². The van der Waals surface area contributed by atoms with Crippen LogP contribution in [0.1, 0.15) is 59.7 Å². The molecule has 1 fully saturated rings. The molecule has 2 aliphatic heterocycles. The summed E-state index contributed by atoms with van der Waals surface area (Å²) in [6, 6.07) is 29.5. The average Bonchev–Trinajstić information content (AvgIpc) is 3.05. The first-order valence-electron chi connectivity index (χ1n) is 15.7. The van der Waals surface area contributed by atoms with Crippen molar-refractivity contribution in [3.05, 3.63) is 142 Å². The van der Waals surface area contributed by atoms with Crippen molar-refractivity contribution < 1.29 is 21.6 Å². The molecule has 4 aromatic rings. The highest BCUT2D eigenvalue weighted by atomic mass is 32.2. The molecule has 0 spiro atoms. The molecule has 2 heterocycles. The van der Waals surface area contributed by atoms with Crippen molar-refractivity contribution in [2.24, 2.45) is 0 Å². The van der Waals surface area contributed by atoms with E-state index in [-0.39, 0.29) is 22.8 Å². The van der Waals surface area contributed by atoms with Gasteiger partial charge in [-0.3, -0.25) is 0 Å². The SMILES string of the molecule is CCOC1=C2CN(S(=O)(=O)c3ccc(C)cc3)[C@H](c3ccccc3)C[C@@H]2N(S(=O)(=O)c2ccc(C)cc2)[C@H](c2ccc(C)cc2)C1. The number of piperidine rings is 1. The zero-order valence-corrected chi connectivity index (χ0v) is 28.3. The fourth-order valence-electron chi connectivity index (χ4n) is 6.62. The summed E-state index contributed by atoms with van der Waals surface area (Å²) in [7, 11) is -8.00. The number of nitrogens with zero attached hydrogens (tertiary/aromatic N) is 2. The van der Waals surface area contributed by atoms with Gasteiger partial charge in [-0.25, -0.2) is 16.8 Å². The second kappa shape index (κ2) is 12.8. The maximum Gasteiger partial charge on any atom is 0.244 e. The van der Waals surface area contributed by atoms with Gasteiger partial charge in [0.1, 0.15) is 0 Å². The van der Waals surface area contributed by atoms with Gasteiger partial charge in [-0.1, -0.05) is 95.6 Å². The number of sulfonamides is 2. The molecule has 0 radical (unpaired) electrons. The molecule has 240 valence electrons. The molecule has 0 aromatic heterocycles. The van der Waals surface area contributed by atoms with Crippen LogP contribution in [0.25, 0.3) is 0 Å². The molecule has 0 aliphatic carbocycles. The standard InChI is InChI=1S/C37H40N2O5S2/c1-5-44-37-24-35(30-17-11-26(2)12-18-30)39(46(42,43)32-21-15-28(4)16-22-32)36-23-34(29-9-7-6-8-10-29)38(25-33(36)37)45(40,41)31-19-13-27(3)14-20-31/h6-22,34-36H,5,23-25H2,1-4H3/t34-,35-,36-/m0/s1. The lowest BCUT2D eigenvalue weighted by Gasteiger charge is -2.49. The van der Waals surface area contributed by atoms with E-state index in [4.69, 9.17) is 4.74 Å². The van der Waals surface area contributed by atoms with Crippen LogP contribution in [-0.2, 0) is 24.8 Å². The van der Waals surface area contributed by atoms with E-state index in [0.717, 1.165) is 27.8 Å². The smallest absolute Gasteiger partial charge is 0.244 e. The van der Waals surface area contributed by atoms with E-state index in [1.807, 2.05) is 94.4 Å². The van der Waals surface area contributed by atoms with E-state index in [1.165, 1.54) is 4.31 Å². The summed E-state index contributed by atoms with van der Waals surface area (Å²) in [5.41, 5.74) is 5.36. The normalized spacial score (nSPS) is 21.2. The Morgan fingerprint density at radius 2 is 1.13 bits per heavy atom. The molecule has 4 aromatic carbocycles. The molecule has 6 rings (SSSR count). The van der Waals surface area contributed by atoms with Crippen molar-refractivity contribution in [2.45, 2.75) is 68.5 Å². The summed E-state index contributed by atoms with van der Waals surface area (Å²) in [5, 5.41) is 0. The first-order valence-corrected chi connectivity index (χ1v) is 18.5. The third-order valence-corrected chi connectivity index (χ3v) is 12.9. The van der Waals surface area contributed by atoms with Crippen LogP contribution in [0.15, 0.2) is 124 Å². The number of hydrogen-bond acceptors (Lipinski definition) is 5. The number of rotatable bonds is 8. The molecule has 7 nitrogen and oxygen atoms in total. The number of hydrogen-bond donors (Lipinski definition) is 0. The topological polar surface area (TPSA) is 84.0 Å². The monoisotopic (exact) mass is 656 g/mol. The third kappa shape index (κ3) is 6.05. The van der Waals surface area contributed by atoms with E-state index in [2.05, 4.69) is 0 Å². The zero-order chi connectivity index (χ0) is 32.6. The van der Waals surface area contributed by atoms with Crippen molar-refractivity contribution in [1.29, 1.82) is 0 Å². The Morgan fingerprint density at radius 3 is 1.67 bits per heavy atom. The Hall–Kier alpha value is -3.76. The average molecular weight is 657 g/mol. The van der Waals surface area contributed by atoms with Gasteiger partial charge in [-0.05, 0) is 69.5 Å². The molecule has 46 heavy (non-hydrogen) atoms. The van der Waals surface area contributed by atoms with Crippen LogP contribution in [-0.4, -0.2) is 44.6 Å². The number of aryl methyl sites for hydroxylation is 3. The van der Waals surface area contributed by atoms with E-state index >= 15 is 0 Å². The van der Waals surface area contributed by atoms with E-state index in [0.29, 0.717) is 24.4 Å². The van der Waals surface area contributed by atoms with E-state index in [9.17, 15) is 16.8 Å². The van der Waals surface area contributed by atoms with Gasteiger partial charge in [-0.15, -0.1) is 0 Å². The highest BCUT2D eigenvalue weighted by Gasteiger charge is 2.51. The van der Waals surface area contributed by atoms with Gasteiger partial charge in [0.15, 0.2) is 0 Å². The Labute approximate surface area is 273 Å². The Balaban J connectivity index is 1.56. The van der Waals surface area contributed by atoms with Gasteiger partial charge in [-0.2, -0.15) is 8.61 Å². The first-order chi connectivity index (χ1) is 22.0. The minimum atomic E-state index is -4.03. The summed E-state index contributed by atoms with van der Waals surface area (Å²) in [6.45, 7) is 8.14. The van der Waals surface area contributed by atoms with Crippen molar-refractivity contribution in [3.63, 3.8) is 0 Å². The molecule has 9 heteroatoms. The fourth-order valence-corrected chi connectivity index (χ4v) is 10.0. The van der Waals surface area contributed by atoms with Crippen molar-refractivity contribution in [1.82, 2.24) is 8.61 Å². The van der Waals surface area contributed by atoms with Gasteiger partial charge in [0.2, 0.25) is 20.0 Å². The Morgan fingerprint density at radius 1 is 0.630 bits per heavy atom. The molecular formula is C37H40N2O5S2. The number of benzene rings is 4. The molecule has 1 saturated heterocycles. The molecule has 3 atom stereocenters. The first kappa shape index (κ1) is 32.2. The second-order valence-corrected chi connectivity index (χ2v) is 15.9. The molecule has 0 unspecified atom stereocenters. The zero-order valence-electron chi connectivity index (χ0n) is 26.6. The van der Waals surface area contributed by atoms with Gasteiger partial charge in [0, 0.05) is 18.5 Å². The van der Waals surface area contributed by atoms with Crippen LogP contribution in [0.5, 0.6) is 0 Å². The lowest BCUT2D eigenvalue weighted by molar-refractivity contribution is 0.118.